The quantitative estimate of drug-likeness (QED) is 0.598. The summed E-state index contributed by atoms with van der Waals surface area (Å²) in [7, 11) is 0. The van der Waals surface area contributed by atoms with Crippen molar-refractivity contribution < 1.29 is 4.79 Å². The van der Waals surface area contributed by atoms with Crippen LogP contribution in [0.4, 0.5) is 5.69 Å². The number of nitrogens with zero attached hydrogens (tertiary/aromatic N) is 5. The molecule has 0 spiro atoms. The molecule has 4 aromatic rings. The van der Waals surface area contributed by atoms with Crippen molar-refractivity contribution in [1.82, 2.24) is 29.4 Å². The van der Waals surface area contributed by atoms with Crippen molar-refractivity contribution in [2.75, 3.05) is 5.32 Å². The number of carbonyl (C=O) groups excluding carboxylic acids is 1. The summed E-state index contributed by atoms with van der Waals surface area (Å²) in [6.45, 7) is 0.529. The molecule has 0 atom stereocenters. The van der Waals surface area contributed by atoms with E-state index in [4.69, 9.17) is 0 Å². The summed E-state index contributed by atoms with van der Waals surface area (Å²) >= 11 is 0. The summed E-state index contributed by atoms with van der Waals surface area (Å²) in [6, 6.07) is 7.46. The van der Waals surface area contributed by atoms with Gasteiger partial charge in [0.15, 0.2) is 0 Å². The number of rotatable bonds is 4. The average Bonchev–Trinajstić information content (AvgIpc) is 3.27. The first-order chi connectivity index (χ1) is 11.3. The Morgan fingerprint density at radius 1 is 1.26 bits per heavy atom. The highest BCUT2D eigenvalue weighted by Gasteiger charge is 2.09. The molecular weight excluding hydrogens is 294 g/mol. The van der Waals surface area contributed by atoms with Crippen LogP contribution in [-0.2, 0) is 6.54 Å². The van der Waals surface area contributed by atoms with E-state index in [9.17, 15) is 4.79 Å². The number of aromatic amines is 1. The molecule has 0 fully saturated rings. The van der Waals surface area contributed by atoms with E-state index in [1.165, 1.54) is 6.20 Å². The highest BCUT2D eigenvalue weighted by molar-refractivity contribution is 6.02. The van der Waals surface area contributed by atoms with Gasteiger partial charge in [-0.3, -0.25) is 14.6 Å². The molecule has 1 amide bonds. The SMILES string of the molecule is O=C(Nc1cnn(Cc2cn3ccccc3n2)c1)c1ccn[nH]1. The molecule has 114 valence electrons. The molecule has 0 saturated heterocycles. The van der Waals surface area contributed by atoms with Crippen LogP contribution in [0.25, 0.3) is 5.65 Å². The van der Waals surface area contributed by atoms with E-state index in [0.717, 1.165) is 11.3 Å². The van der Waals surface area contributed by atoms with E-state index < -0.39 is 0 Å². The van der Waals surface area contributed by atoms with Gasteiger partial charge in [0.25, 0.3) is 5.91 Å². The zero-order chi connectivity index (χ0) is 15.6. The number of anilines is 1. The standard InChI is InChI=1S/C15H13N7O/c23-15(13-4-5-16-20-13)19-11-7-17-22(9-11)10-12-8-21-6-2-1-3-14(21)18-12/h1-9H,10H2,(H,16,20)(H,19,23). The van der Waals surface area contributed by atoms with Gasteiger partial charge in [0, 0.05) is 24.8 Å². The molecule has 8 heteroatoms. The largest absolute Gasteiger partial charge is 0.318 e. The van der Waals surface area contributed by atoms with Gasteiger partial charge in [0.1, 0.15) is 11.3 Å². The summed E-state index contributed by atoms with van der Waals surface area (Å²) in [5.41, 5.74) is 2.81. The molecule has 0 aliphatic carbocycles. The molecule has 0 unspecified atom stereocenters. The first-order valence-corrected chi connectivity index (χ1v) is 7.04. The minimum atomic E-state index is -0.255. The fraction of sp³-hybridized carbons (Fsp3) is 0.0667. The number of pyridine rings is 1. The van der Waals surface area contributed by atoms with Crippen molar-refractivity contribution in [3.8, 4) is 0 Å². The molecule has 0 aliphatic heterocycles. The number of H-pyrrole nitrogens is 1. The van der Waals surface area contributed by atoms with Crippen molar-refractivity contribution in [1.29, 1.82) is 0 Å². The van der Waals surface area contributed by atoms with Crippen molar-refractivity contribution in [2.24, 2.45) is 0 Å². The fourth-order valence-electron chi connectivity index (χ4n) is 2.32. The van der Waals surface area contributed by atoms with E-state index in [2.05, 4.69) is 25.6 Å². The van der Waals surface area contributed by atoms with Crippen LogP contribution in [0.2, 0.25) is 0 Å². The second-order valence-electron chi connectivity index (χ2n) is 5.05. The lowest BCUT2D eigenvalue weighted by molar-refractivity contribution is 0.102. The number of amides is 1. The van der Waals surface area contributed by atoms with Gasteiger partial charge in [0.2, 0.25) is 0 Å². The Balaban J connectivity index is 1.48. The molecule has 23 heavy (non-hydrogen) atoms. The van der Waals surface area contributed by atoms with Gasteiger partial charge in [-0.05, 0) is 18.2 Å². The molecule has 4 aromatic heterocycles. The van der Waals surface area contributed by atoms with E-state index >= 15 is 0 Å². The van der Waals surface area contributed by atoms with E-state index in [1.54, 1.807) is 23.1 Å². The fourth-order valence-corrected chi connectivity index (χ4v) is 2.32. The normalized spacial score (nSPS) is 11.0. The van der Waals surface area contributed by atoms with E-state index in [1.807, 2.05) is 35.0 Å². The maximum absolute atomic E-state index is 11.9. The van der Waals surface area contributed by atoms with Gasteiger partial charge in [-0.2, -0.15) is 10.2 Å². The maximum Gasteiger partial charge on any atom is 0.273 e. The van der Waals surface area contributed by atoms with Crippen LogP contribution in [0.3, 0.4) is 0 Å². The van der Waals surface area contributed by atoms with Crippen LogP contribution < -0.4 is 5.32 Å². The number of imidazole rings is 1. The number of aromatic nitrogens is 6. The maximum atomic E-state index is 11.9. The second kappa shape index (κ2) is 5.41. The number of nitrogens with one attached hydrogen (secondary N) is 2. The Hall–Kier alpha value is -3.42. The summed E-state index contributed by atoms with van der Waals surface area (Å²) in [5.74, 6) is -0.255. The third kappa shape index (κ3) is 2.69. The highest BCUT2D eigenvalue weighted by Crippen LogP contribution is 2.10. The zero-order valence-corrected chi connectivity index (χ0v) is 12.0. The highest BCUT2D eigenvalue weighted by atomic mass is 16.1. The molecule has 4 heterocycles. The van der Waals surface area contributed by atoms with Gasteiger partial charge in [-0.25, -0.2) is 4.98 Å². The second-order valence-corrected chi connectivity index (χ2v) is 5.05. The lowest BCUT2D eigenvalue weighted by Gasteiger charge is -1.99. The predicted octanol–water partition coefficient (Wildman–Crippen LogP) is 1.55. The van der Waals surface area contributed by atoms with Crippen LogP contribution in [0.5, 0.6) is 0 Å². The molecule has 0 aliphatic rings. The first kappa shape index (κ1) is 13.3. The average molecular weight is 307 g/mol. The Morgan fingerprint density at radius 3 is 3.04 bits per heavy atom. The van der Waals surface area contributed by atoms with Crippen LogP contribution in [0.1, 0.15) is 16.2 Å². The van der Waals surface area contributed by atoms with Crippen molar-refractivity contribution in [3.63, 3.8) is 0 Å². The van der Waals surface area contributed by atoms with Gasteiger partial charge in [-0.1, -0.05) is 6.07 Å². The number of fused-ring (bicyclic) bond motifs is 1. The topological polar surface area (TPSA) is 92.9 Å². The number of hydrogen-bond donors (Lipinski definition) is 2. The summed E-state index contributed by atoms with van der Waals surface area (Å²) in [5, 5.41) is 13.4. The van der Waals surface area contributed by atoms with E-state index in [-0.39, 0.29) is 5.91 Å². The molecule has 0 bridgehead atoms. The molecule has 0 aromatic carbocycles. The zero-order valence-electron chi connectivity index (χ0n) is 12.0. The Kier molecular flexibility index (Phi) is 3.12. The number of carbonyl (C=O) groups is 1. The number of hydrogen-bond acceptors (Lipinski definition) is 4. The van der Waals surface area contributed by atoms with Crippen LogP contribution in [-0.4, -0.2) is 35.3 Å². The Bertz CT molecular complexity index is 918. The third-order valence-corrected chi connectivity index (χ3v) is 3.37. The van der Waals surface area contributed by atoms with Crippen molar-refractivity contribution >= 4 is 17.2 Å². The Morgan fingerprint density at radius 2 is 2.22 bits per heavy atom. The van der Waals surface area contributed by atoms with E-state index in [0.29, 0.717) is 17.9 Å². The monoisotopic (exact) mass is 307 g/mol. The summed E-state index contributed by atoms with van der Waals surface area (Å²) in [4.78, 5) is 16.4. The minimum Gasteiger partial charge on any atom is -0.318 e. The molecule has 8 nitrogen and oxygen atoms in total. The molecule has 2 N–H and O–H groups in total. The molecular formula is C15H13N7O. The predicted molar refractivity (Wildman–Crippen MR) is 83.1 cm³/mol. The van der Waals surface area contributed by atoms with Gasteiger partial charge in [0.05, 0.1) is 24.1 Å². The Labute approximate surface area is 130 Å². The smallest absolute Gasteiger partial charge is 0.273 e. The molecule has 4 rings (SSSR count). The molecule has 0 radical (unpaired) electrons. The lowest BCUT2D eigenvalue weighted by Crippen LogP contribution is -2.11. The minimum absolute atomic E-state index is 0.255. The van der Waals surface area contributed by atoms with Crippen LogP contribution >= 0.6 is 0 Å². The van der Waals surface area contributed by atoms with Gasteiger partial charge < -0.3 is 9.72 Å². The third-order valence-electron chi connectivity index (χ3n) is 3.37. The van der Waals surface area contributed by atoms with Gasteiger partial charge >= 0.3 is 0 Å². The van der Waals surface area contributed by atoms with Crippen molar-refractivity contribution in [3.05, 3.63) is 66.6 Å². The summed E-state index contributed by atoms with van der Waals surface area (Å²) in [6.07, 6.45) is 8.80. The van der Waals surface area contributed by atoms with Crippen LogP contribution in [0.15, 0.2) is 55.2 Å². The summed E-state index contributed by atoms with van der Waals surface area (Å²) < 4.78 is 3.68. The van der Waals surface area contributed by atoms with Gasteiger partial charge in [-0.15, -0.1) is 0 Å². The van der Waals surface area contributed by atoms with Crippen LogP contribution in [0, 0.1) is 0 Å². The first-order valence-electron chi connectivity index (χ1n) is 7.04. The molecule has 0 saturated carbocycles. The lowest BCUT2D eigenvalue weighted by atomic mass is 10.4. The van der Waals surface area contributed by atoms with Crippen molar-refractivity contribution in [2.45, 2.75) is 6.54 Å².